The predicted molar refractivity (Wildman–Crippen MR) is 149 cm³/mol. The molecule has 0 heterocycles. The Kier molecular flexibility index (Phi) is 35.7. The van der Waals surface area contributed by atoms with Gasteiger partial charge in [0.1, 0.15) is 0 Å². The van der Waals surface area contributed by atoms with E-state index < -0.39 is 14.1 Å². The molecule has 0 saturated carbocycles. The average Bonchev–Trinajstić information content (AvgIpc) is 2.76. The number of hydrogen-bond acceptors (Lipinski definition) is 0. The predicted octanol–water partition coefficient (Wildman–Crippen LogP) is 11.4. The molecule has 1 radical (unpaired) electrons. The van der Waals surface area contributed by atoms with Crippen LogP contribution in [0.3, 0.4) is 0 Å². The molecule has 0 aliphatic heterocycles. The fourth-order valence-electron chi connectivity index (χ4n) is 4.36. The zero-order chi connectivity index (χ0) is 22.5. The van der Waals surface area contributed by atoms with Gasteiger partial charge in [-0.15, -0.1) is 10.6 Å². The molecule has 0 aromatic carbocycles. The first kappa shape index (κ1) is 33.2. The summed E-state index contributed by atoms with van der Waals surface area (Å²) >= 11 is 0.405. The van der Waals surface area contributed by atoms with Crippen LogP contribution in [0.4, 0.5) is 0 Å². The first-order valence-electron chi connectivity index (χ1n) is 14.6. The van der Waals surface area contributed by atoms with Crippen LogP contribution in [-0.4, -0.2) is 29.4 Å². The molecule has 0 aliphatic carbocycles. The molecule has 30 heavy (non-hydrogen) atoms. The normalized spacial score (nSPS) is 10.6. The van der Waals surface area contributed by atoms with Gasteiger partial charge in [-0.3, -0.25) is 0 Å². The molecule has 0 atom stereocenters. The molecule has 0 aliphatic rings. The molecule has 0 bridgehead atoms. The fourth-order valence-corrected chi connectivity index (χ4v) is 8.40. The van der Waals surface area contributed by atoms with Crippen LogP contribution in [0.15, 0.2) is 0 Å². The fraction of sp³-hybridized carbons (Fsp3) is 1.00. The highest BCUT2D eigenvalue weighted by atomic mass is 27.2. The highest BCUT2D eigenvalue weighted by Gasteiger charge is 2.15. The molecule has 0 fully saturated rings. The van der Waals surface area contributed by atoms with Gasteiger partial charge in [-0.25, -0.2) is 0 Å². The Balaban J connectivity index is -0.00000116. The van der Waals surface area contributed by atoms with Crippen LogP contribution in [0.25, 0.3) is 0 Å². The van der Waals surface area contributed by atoms with E-state index in [-0.39, 0.29) is 1.43 Å². The number of unbranched alkanes of at least 4 members (excludes halogenated alkanes) is 15. The van der Waals surface area contributed by atoms with Crippen molar-refractivity contribution in [2.75, 3.05) is 0 Å². The van der Waals surface area contributed by atoms with Gasteiger partial charge in [-0.1, -0.05) is 166 Å². The van der Waals surface area contributed by atoms with Crippen LogP contribution >= 0.6 is 0 Å². The molecule has 0 rings (SSSR count). The Morgan fingerprint density at radius 1 is 0.400 bits per heavy atom. The summed E-state index contributed by atoms with van der Waals surface area (Å²) in [5, 5.41) is 7.84. The van der Waals surface area contributed by atoms with Gasteiger partial charge in [0, 0.05) is 1.43 Å². The van der Waals surface area contributed by atoms with Gasteiger partial charge in [0.15, 0.2) is 15.2 Å². The minimum absolute atomic E-state index is 0. The van der Waals surface area contributed by atoms with Gasteiger partial charge in [-0.2, -0.15) is 0 Å². The monoisotopic (exact) mass is 453 g/mol. The van der Waals surface area contributed by atoms with Gasteiger partial charge in [0.2, 0.25) is 0 Å². The van der Waals surface area contributed by atoms with Gasteiger partial charge in [-0.05, 0) is 0 Å². The summed E-state index contributed by atoms with van der Waals surface area (Å²) < 4.78 is 0. The van der Waals surface area contributed by atoms with Crippen molar-refractivity contribution in [2.45, 2.75) is 177 Å². The second kappa shape index (κ2) is 32.2. The van der Waals surface area contributed by atoms with Crippen molar-refractivity contribution in [3.8, 4) is 0 Å². The van der Waals surface area contributed by atoms with Crippen molar-refractivity contribution < 1.29 is 1.43 Å². The largest absolute Gasteiger partial charge is 0.261 e. The van der Waals surface area contributed by atoms with E-state index in [0.29, 0.717) is 0 Å². The quantitative estimate of drug-likeness (QED) is 0.107. The third-order valence-electron chi connectivity index (χ3n) is 6.48. The Morgan fingerprint density at radius 2 is 0.667 bits per heavy atom. The Morgan fingerprint density at radius 3 is 0.900 bits per heavy atom. The third-order valence-corrected chi connectivity index (χ3v) is 11.3. The van der Waals surface area contributed by atoms with Crippen LogP contribution < -0.4 is 0 Å². The molecule has 0 spiro atoms. The van der Waals surface area contributed by atoms with E-state index in [9.17, 15) is 0 Å². The van der Waals surface area contributed by atoms with Crippen molar-refractivity contribution in [1.29, 1.82) is 0 Å². The van der Waals surface area contributed by atoms with Crippen LogP contribution in [0.5, 0.6) is 0 Å². The summed E-state index contributed by atoms with van der Waals surface area (Å²) in [7, 11) is 0. The summed E-state index contributed by atoms with van der Waals surface area (Å²) in [6.45, 7) is 11.5. The molecular weight excluding hydrogens is 390 g/mol. The molecule has 0 aromatic rings. The van der Waals surface area contributed by atoms with Crippen molar-refractivity contribution in [1.82, 2.24) is 0 Å². The Hall–Kier alpha value is 1.06. The Bertz CT molecular complexity index is 234. The lowest BCUT2D eigenvalue weighted by Crippen LogP contribution is -2.12. The van der Waals surface area contributed by atoms with Crippen molar-refractivity contribution in [3.63, 3.8) is 0 Å². The van der Waals surface area contributed by atoms with Gasteiger partial charge >= 0.3 is 0 Å². The van der Waals surface area contributed by atoms with Gasteiger partial charge in [0.25, 0.3) is 14.1 Å². The second-order valence-electron chi connectivity index (χ2n) is 9.64. The molecule has 0 aromatic heterocycles. The first-order chi connectivity index (χ1) is 14.8. The third kappa shape index (κ3) is 31.3. The van der Waals surface area contributed by atoms with Crippen LogP contribution in [-0.2, 0) is 0 Å². The standard InChI is InChI=1S/3C8H17.2C2H5.2Al.H2/c3*1-3-5-7-8-6-4-2;2*1-2;;;/h3*1,3-8H2,2H3;2*1H2,2H3;;;1H. The van der Waals surface area contributed by atoms with E-state index >= 15 is 0 Å². The van der Waals surface area contributed by atoms with E-state index in [1.165, 1.54) is 107 Å². The summed E-state index contributed by atoms with van der Waals surface area (Å²) in [6, 6.07) is 0. The molecule has 0 N–H and O–H groups in total. The van der Waals surface area contributed by atoms with E-state index in [2.05, 4.69) is 34.6 Å². The van der Waals surface area contributed by atoms with E-state index in [1.807, 2.05) is 0 Å². The summed E-state index contributed by atoms with van der Waals surface area (Å²) in [5.41, 5.74) is 0. The van der Waals surface area contributed by atoms with Crippen LogP contribution in [0, 0.1) is 0 Å². The van der Waals surface area contributed by atoms with E-state index in [1.54, 1.807) is 35.1 Å². The summed E-state index contributed by atoms with van der Waals surface area (Å²) in [4.78, 5) is 0. The SMILES string of the molecule is CCCCCCC[CH2][Al]([CH2]CCCCCCC)[CH2]CCCCCCC.C[CH2][Al][CH2]C.[HH]. The lowest BCUT2D eigenvalue weighted by Gasteiger charge is -2.12. The van der Waals surface area contributed by atoms with Crippen molar-refractivity contribution >= 4 is 29.4 Å². The van der Waals surface area contributed by atoms with E-state index in [0.717, 1.165) is 15.2 Å². The molecule has 0 unspecified atom stereocenters. The summed E-state index contributed by atoms with van der Waals surface area (Å²) in [5.74, 6) is 0. The Labute approximate surface area is 206 Å². The molecule has 0 amide bonds. The lowest BCUT2D eigenvalue weighted by atomic mass is 10.1. The van der Waals surface area contributed by atoms with Crippen molar-refractivity contribution in [3.05, 3.63) is 0 Å². The smallest absolute Gasteiger partial charge is 0.106 e. The zero-order valence-electron chi connectivity index (χ0n) is 22.4. The molecule has 0 nitrogen and oxygen atoms in total. The molecule has 181 valence electrons. The van der Waals surface area contributed by atoms with Crippen LogP contribution in [0.1, 0.15) is 152 Å². The second-order valence-corrected chi connectivity index (χ2v) is 15.3. The minimum atomic E-state index is -0.410. The first-order valence-corrected chi connectivity index (χ1v) is 18.7. The maximum absolute atomic E-state index is 2.32. The number of rotatable bonds is 23. The topological polar surface area (TPSA) is 0 Å². The summed E-state index contributed by atoms with van der Waals surface area (Å²) in [6.07, 6.45) is 26.7. The van der Waals surface area contributed by atoms with Crippen molar-refractivity contribution in [2.24, 2.45) is 0 Å². The zero-order valence-corrected chi connectivity index (χ0v) is 24.7. The molecule has 2 heteroatoms. The maximum Gasteiger partial charge on any atom is 0.261 e. The van der Waals surface area contributed by atoms with E-state index in [4.69, 9.17) is 0 Å². The lowest BCUT2D eigenvalue weighted by molar-refractivity contribution is 0.610. The van der Waals surface area contributed by atoms with Gasteiger partial charge < -0.3 is 0 Å². The van der Waals surface area contributed by atoms with Gasteiger partial charge in [0.05, 0.1) is 0 Å². The molecular formula is C28H63Al2. The number of hydrogen-bond donors (Lipinski definition) is 0. The average molecular weight is 454 g/mol. The van der Waals surface area contributed by atoms with Crippen LogP contribution in [0.2, 0.25) is 26.4 Å². The molecule has 0 saturated heterocycles. The maximum atomic E-state index is 2.32. The minimum Gasteiger partial charge on any atom is -0.106 e. The highest BCUT2D eigenvalue weighted by Crippen LogP contribution is 2.20. The highest BCUT2D eigenvalue weighted by molar-refractivity contribution is 6.58.